The minimum atomic E-state index is -0.349. The standard InChI is InChI=1S/C17H15NO3/c1-20-16-9-5-2-6-12(16)11-21-17(19)14-10-18-15-8-4-3-7-13(14)15/h2-10,18H,11H2,1H3. The van der Waals surface area contributed by atoms with E-state index < -0.39 is 0 Å². The molecule has 0 amide bonds. The highest BCUT2D eigenvalue weighted by molar-refractivity contribution is 6.03. The molecule has 3 rings (SSSR count). The summed E-state index contributed by atoms with van der Waals surface area (Å²) in [5.74, 6) is 0.364. The van der Waals surface area contributed by atoms with Crippen LogP contribution in [0.25, 0.3) is 10.9 Å². The lowest BCUT2D eigenvalue weighted by molar-refractivity contribution is 0.0472. The Hall–Kier alpha value is -2.75. The molecule has 4 heteroatoms. The molecule has 0 spiro atoms. The highest BCUT2D eigenvalue weighted by Gasteiger charge is 2.14. The third kappa shape index (κ3) is 2.60. The number of aromatic nitrogens is 1. The van der Waals surface area contributed by atoms with Crippen molar-refractivity contribution in [2.75, 3.05) is 7.11 Å². The van der Waals surface area contributed by atoms with Crippen LogP contribution in [0, 0.1) is 0 Å². The van der Waals surface area contributed by atoms with E-state index in [1.165, 1.54) is 0 Å². The lowest BCUT2D eigenvalue weighted by atomic mass is 10.2. The summed E-state index contributed by atoms with van der Waals surface area (Å²) in [4.78, 5) is 15.3. The first-order valence-corrected chi connectivity index (χ1v) is 6.64. The molecule has 0 saturated heterocycles. The van der Waals surface area contributed by atoms with Gasteiger partial charge in [0.1, 0.15) is 12.4 Å². The number of carbonyl (C=O) groups is 1. The predicted octanol–water partition coefficient (Wildman–Crippen LogP) is 3.53. The number of hydrogen-bond acceptors (Lipinski definition) is 3. The molecular weight excluding hydrogens is 266 g/mol. The van der Waals surface area contributed by atoms with Gasteiger partial charge >= 0.3 is 5.97 Å². The first kappa shape index (κ1) is 13.2. The van der Waals surface area contributed by atoms with Gasteiger partial charge in [-0.3, -0.25) is 0 Å². The average molecular weight is 281 g/mol. The molecule has 4 nitrogen and oxygen atoms in total. The summed E-state index contributed by atoms with van der Waals surface area (Å²) in [5, 5.41) is 0.863. The van der Waals surface area contributed by atoms with Crippen LogP contribution in [0.5, 0.6) is 5.75 Å². The number of benzene rings is 2. The number of nitrogens with one attached hydrogen (secondary N) is 1. The van der Waals surface area contributed by atoms with Gasteiger partial charge in [0.25, 0.3) is 0 Å². The van der Waals surface area contributed by atoms with E-state index in [9.17, 15) is 4.79 Å². The summed E-state index contributed by atoms with van der Waals surface area (Å²) in [7, 11) is 1.60. The monoisotopic (exact) mass is 281 g/mol. The number of carbonyl (C=O) groups excluding carboxylic acids is 1. The second-order valence-electron chi connectivity index (χ2n) is 4.64. The highest BCUT2D eigenvalue weighted by Crippen LogP contribution is 2.21. The summed E-state index contributed by atoms with van der Waals surface area (Å²) in [6, 6.07) is 15.1. The van der Waals surface area contributed by atoms with Crippen LogP contribution in [-0.4, -0.2) is 18.1 Å². The first-order chi connectivity index (χ1) is 10.3. The number of fused-ring (bicyclic) bond motifs is 1. The van der Waals surface area contributed by atoms with Gasteiger partial charge < -0.3 is 14.5 Å². The lowest BCUT2D eigenvalue weighted by Crippen LogP contribution is -2.05. The van der Waals surface area contributed by atoms with Crippen LogP contribution in [0.1, 0.15) is 15.9 Å². The second kappa shape index (κ2) is 5.71. The van der Waals surface area contributed by atoms with Crippen LogP contribution in [-0.2, 0) is 11.3 Å². The number of H-pyrrole nitrogens is 1. The molecule has 0 bridgehead atoms. The van der Waals surface area contributed by atoms with Crippen LogP contribution >= 0.6 is 0 Å². The number of hydrogen-bond donors (Lipinski definition) is 1. The zero-order valence-electron chi connectivity index (χ0n) is 11.6. The fourth-order valence-electron chi connectivity index (χ4n) is 2.28. The van der Waals surface area contributed by atoms with Crippen molar-refractivity contribution in [3.05, 3.63) is 65.9 Å². The van der Waals surface area contributed by atoms with Crippen LogP contribution < -0.4 is 4.74 Å². The van der Waals surface area contributed by atoms with Crippen LogP contribution in [0.3, 0.4) is 0 Å². The molecule has 2 aromatic carbocycles. The second-order valence-corrected chi connectivity index (χ2v) is 4.64. The Morgan fingerprint density at radius 3 is 2.71 bits per heavy atom. The Labute approximate surface area is 122 Å². The third-order valence-corrected chi connectivity index (χ3v) is 3.36. The molecule has 21 heavy (non-hydrogen) atoms. The molecule has 0 fully saturated rings. The van der Waals surface area contributed by atoms with Crippen molar-refractivity contribution in [1.82, 2.24) is 4.98 Å². The number of esters is 1. The molecule has 0 atom stereocenters. The maximum atomic E-state index is 12.2. The van der Waals surface area contributed by atoms with E-state index in [0.717, 1.165) is 16.5 Å². The molecule has 1 heterocycles. The van der Waals surface area contributed by atoms with Crippen molar-refractivity contribution in [3.8, 4) is 5.75 Å². The number of para-hydroxylation sites is 2. The zero-order chi connectivity index (χ0) is 14.7. The van der Waals surface area contributed by atoms with Crippen molar-refractivity contribution in [2.24, 2.45) is 0 Å². The summed E-state index contributed by atoms with van der Waals surface area (Å²) in [6.45, 7) is 0.183. The van der Waals surface area contributed by atoms with Crippen molar-refractivity contribution >= 4 is 16.9 Å². The van der Waals surface area contributed by atoms with Crippen molar-refractivity contribution in [2.45, 2.75) is 6.61 Å². The third-order valence-electron chi connectivity index (χ3n) is 3.36. The van der Waals surface area contributed by atoms with Crippen molar-refractivity contribution in [3.63, 3.8) is 0 Å². The maximum absolute atomic E-state index is 12.2. The fraction of sp³-hybridized carbons (Fsp3) is 0.118. The molecule has 106 valence electrons. The Bertz CT molecular complexity index is 776. The topological polar surface area (TPSA) is 51.3 Å². The quantitative estimate of drug-likeness (QED) is 0.744. The summed E-state index contributed by atoms with van der Waals surface area (Å²) < 4.78 is 10.6. The number of methoxy groups -OCH3 is 1. The Balaban J connectivity index is 1.78. The van der Waals surface area contributed by atoms with Gasteiger partial charge in [-0.15, -0.1) is 0 Å². The molecule has 0 aliphatic rings. The summed E-state index contributed by atoms with van der Waals surface area (Å²) >= 11 is 0. The van der Waals surface area contributed by atoms with Crippen LogP contribution in [0.2, 0.25) is 0 Å². The number of rotatable bonds is 4. The van der Waals surface area contributed by atoms with Crippen molar-refractivity contribution < 1.29 is 14.3 Å². The number of aromatic amines is 1. The molecule has 0 aliphatic carbocycles. The van der Waals surface area contributed by atoms with Gasteiger partial charge in [-0.25, -0.2) is 4.79 Å². The fourth-order valence-corrected chi connectivity index (χ4v) is 2.28. The molecule has 1 N–H and O–H groups in total. The maximum Gasteiger partial charge on any atom is 0.340 e. The minimum absolute atomic E-state index is 0.183. The van der Waals surface area contributed by atoms with E-state index >= 15 is 0 Å². The minimum Gasteiger partial charge on any atom is -0.496 e. The Morgan fingerprint density at radius 2 is 1.86 bits per heavy atom. The normalized spacial score (nSPS) is 10.5. The molecule has 0 saturated carbocycles. The zero-order valence-corrected chi connectivity index (χ0v) is 11.6. The van der Waals surface area contributed by atoms with Gasteiger partial charge in [-0.1, -0.05) is 36.4 Å². The molecular formula is C17H15NO3. The first-order valence-electron chi connectivity index (χ1n) is 6.64. The van der Waals surface area contributed by atoms with Gasteiger partial charge in [0.2, 0.25) is 0 Å². The van der Waals surface area contributed by atoms with E-state index in [-0.39, 0.29) is 12.6 Å². The van der Waals surface area contributed by atoms with E-state index in [4.69, 9.17) is 9.47 Å². The van der Waals surface area contributed by atoms with Gasteiger partial charge in [-0.05, 0) is 12.1 Å². The lowest BCUT2D eigenvalue weighted by Gasteiger charge is -2.08. The Morgan fingerprint density at radius 1 is 1.10 bits per heavy atom. The highest BCUT2D eigenvalue weighted by atomic mass is 16.5. The van der Waals surface area contributed by atoms with Gasteiger partial charge in [0, 0.05) is 22.7 Å². The van der Waals surface area contributed by atoms with E-state index in [1.54, 1.807) is 13.3 Å². The summed E-state index contributed by atoms with van der Waals surface area (Å²) in [5.41, 5.74) is 2.30. The van der Waals surface area contributed by atoms with Crippen LogP contribution in [0.4, 0.5) is 0 Å². The average Bonchev–Trinajstić information content (AvgIpc) is 2.97. The van der Waals surface area contributed by atoms with Gasteiger partial charge in [-0.2, -0.15) is 0 Å². The Kier molecular flexibility index (Phi) is 3.60. The molecule has 0 radical (unpaired) electrons. The van der Waals surface area contributed by atoms with Crippen molar-refractivity contribution in [1.29, 1.82) is 0 Å². The molecule has 0 aliphatic heterocycles. The van der Waals surface area contributed by atoms with E-state index in [2.05, 4.69) is 4.98 Å². The van der Waals surface area contributed by atoms with E-state index in [0.29, 0.717) is 11.3 Å². The SMILES string of the molecule is COc1ccccc1COC(=O)c1c[nH]c2ccccc12. The van der Waals surface area contributed by atoms with Crippen LogP contribution in [0.15, 0.2) is 54.7 Å². The molecule has 1 aromatic heterocycles. The molecule has 3 aromatic rings. The molecule has 0 unspecified atom stereocenters. The predicted molar refractivity (Wildman–Crippen MR) is 80.4 cm³/mol. The largest absolute Gasteiger partial charge is 0.496 e. The van der Waals surface area contributed by atoms with E-state index in [1.807, 2.05) is 48.5 Å². The number of ether oxygens (including phenoxy) is 2. The smallest absolute Gasteiger partial charge is 0.340 e. The van der Waals surface area contributed by atoms with Gasteiger partial charge in [0.05, 0.1) is 12.7 Å². The summed E-state index contributed by atoms with van der Waals surface area (Å²) in [6.07, 6.45) is 1.68. The van der Waals surface area contributed by atoms with Gasteiger partial charge in [0.15, 0.2) is 0 Å².